The first-order valence-electron chi connectivity index (χ1n) is 6.31. The normalized spacial score (nSPS) is 16.9. The summed E-state index contributed by atoms with van der Waals surface area (Å²) in [5.41, 5.74) is 0.829. The monoisotopic (exact) mass is 313 g/mol. The third-order valence-corrected chi connectivity index (χ3v) is 3.68. The maximum Gasteiger partial charge on any atom is 0.146 e. The summed E-state index contributed by atoms with van der Waals surface area (Å²) < 4.78 is 46.6. The van der Waals surface area contributed by atoms with E-state index in [0.29, 0.717) is 5.69 Å². The van der Waals surface area contributed by atoms with Crippen LogP contribution in [0.2, 0.25) is 5.02 Å². The number of ether oxygens (including phenoxy) is 1. The van der Waals surface area contributed by atoms with Gasteiger partial charge in [0.05, 0.1) is 17.3 Å². The van der Waals surface area contributed by atoms with Crippen LogP contribution in [0, 0.1) is 24.4 Å². The first-order valence-corrected chi connectivity index (χ1v) is 6.68. The van der Waals surface area contributed by atoms with Gasteiger partial charge in [0.1, 0.15) is 29.3 Å². The summed E-state index contributed by atoms with van der Waals surface area (Å²) >= 11 is 5.68. The summed E-state index contributed by atoms with van der Waals surface area (Å²) in [5, 5.41) is 2.94. The summed E-state index contributed by atoms with van der Waals surface area (Å²) in [6, 6.07) is 4.74. The summed E-state index contributed by atoms with van der Waals surface area (Å²) in [7, 11) is 0. The second-order valence-corrected chi connectivity index (χ2v) is 5.28. The molecule has 2 aromatic carbocycles. The van der Waals surface area contributed by atoms with E-state index < -0.39 is 23.6 Å². The van der Waals surface area contributed by atoms with E-state index in [-0.39, 0.29) is 28.4 Å². The van der Waals surface area contributed by atoms with Gasteiger partial charge in [-0.1, -0.05) is 11.6 Å². The lowest BCUT2D eigenvalue weighted by molar-refractivity contribution is 0.204. The van der Waals surface area contributed by atoms with Gasteiger partial charge in [0.2, 0.25) is 0 Å². The van der Waals surface area contributed by atoms with Crippen LogP contribution < -0.4 is 10.1 Å². The van der Waals surface area contributed by atoms with Crippen LogP contribution in [0.1, 0.15) is 17.2 Å². The third-order valence-electron chi connectivity index (χ3n) is 3.39. The van der Waals surface area contributed by atoms with Crippen LogP contribution in [0.15, 0.2) is 24.3 Å². The van der Waals surface area contributed by atoms with Gasteiger partial charge in [0.25, 0.3) is 0 Å². The highest BCUT2D eigenvalue weighted by molar-refractivity contribution is 6.31. The quantitative estimate of drug-likeness (QED) is 0.830. The van der Waals surface area contributed by atoms with Crippen molar-refractivity contribution in [3.8, 4) is 5.75 Å². The van der Waals surface area contributed by atoms with Crippen molar-refractivity contribution in [2.45, 2.75) is 13.0 Å². The van der Waals surface area contributed by atoms with E-state index in [9.17, 15) is 13.2 Å². The molecule has 1 aliphatic heterocycles. The molecule has 0 spiro atoms. The van der Waals surface area contributed by atoms with Crippen LogP contribution >= 0.6 is 11.6 Å². The Morgan fingerprint density at radius 2 is 1.86 bits per heavy atom. The summed E-state index contributed by atoms with van der Waals surface area (Å²) in [4.78, 5) is 0. The van der Waals surface area contributed by atoms with Crippen molar-refractivity contribution >= 4 is 17.3 Å². The topological polar surface area (TPSA) is 21.3 Å². The lowest BCUT2D eigenvalue weighted by atomic mass is 10.0. The number of benzene rings is 2. The molecule has 3 rings (SSSR count). The van der Waals surface area contributed by atoms with Crippen LogP contribution in [0.3, 0.4) is 0 Å². The summed E-state index contributed by atoms with van der Waals surface area (Å²) in [5.74, 6) is -1.48. The summed E-state index contributed by atoms with van der Waals surface area (Å²) in [6.07, 6.45) is -0.742. The second-order valence-electron chi connectivity index (χ2n) is 4.87. The second kappa shape index (κ2) is 5.15. The van der Waals surface area contributed by atoms with E-state index in [1.807, 2.05) is 0 Å². The maximum atomic E-state index is 14.0. The van der Waals surface area contributed by atoms with Gasteiger partial charge in [-0.05, 0) is 30.7 Å². The molecule has 2 nitrogen and oxygen atoms in total. The summed E-state index contributed by atoms with van der Waals surface area (Å²) in [6.45, 7) is 1.71. The number of anilines is 1. The number of fused-ring (bicyclic) bond motifs is 1. The van der Waals surface area contributed by atoms with Crippen LogP contribution in [0.25, 0.3) is 0 Å². The molecule has 0 bridgehead atoms. The zero-order chi connectivity index (χ0) is 15.1. The minimum Gasteiger partial charge on any atom is -0.481 e. The Hall–Kier alpha value is -1.88. The molecule has 21 heavy (non-hydrogen) atoms. The van der Waals surface area contributed by atoms with Crippen LogP contribution in [-0.2, 0) is 0 Å². The van der Waals surface area contributed by atoms with Gasteiger partial charge >= 0.3 is 0 Å². The van der Waals surface area contributed by atoms with Gasteiger partial charge in [-0.3, -0.25) is 0 Å². The van der Waals surface area contributed by atoms with E-state index in [1.165, 1.54) is 13.0 Å². The minimum absolute atomic E-state index is 0.0316. The molecule has 1 heterocycles. The Labute approximate surface area is 124 Å². The number of rotatable bonds is 1. The van der Waals surface area contributed by atoms with Crippen molar-refractivity contribution in [3.05, 3.63) is 57.9 Å². The highest BCUT2D eigenvalue weighted by atomic mass is 35.5. The molecule has 0 aliphatic carbocycles. The van der Waals surface area contributed by atoms with Crippen molar-refractivity contribution in [1.29, 1.82) is 0 Å². The molecule has 110 valence electrons. The van der Waals surface area contributed by atoms with Crippen molar-refractivity contribution in [2.24, 2.45) is 0 Å². The molecule has 0 saturated heterocycles. The SMILES string of the molecule is Cc1cc(F)c(C2CNc3cc(Cl)c(F)cc3O2)cc1F. The molecule has 6 heteroatoms. The number of aryl methyl sites for hydroxylation is 1. The number of halogens is 4. The fourth-order valence-corrected chi connectivity index (χ4v) is 2.41. The van der Waals surface area contributed by atoms with Gasteiger partial charge in [-0.2, -0.15) is 0 Å². The van der Waals surface area contributed by atoms with Crippen LogP contribution in [0.5, 0.6) is 5.75 Å². The predicted octanol–water partition coefficient (Wildman–Crippen LogP) is 4.61. The maximum absolute atomic E-state index is 14.0. The van der Waals surface area contributed by atoms with Crippen molar-refractivity contribution in [1.82, 2.24) is 0 Å². The number of hydrogen-bond acceptors (Lipinski definition) is 2. The zero-order valence-corrected chi connectivity index (χ0v) is 11.8. The first-order chi connectivity index (χ1) is 9.95. The van der Waals surface area contributed by atoms with Gasteiger partial charge in [-0.25, -0.2) is 13.2 Å². The Morgan fingerprint density at radius 1 is 1.10 bits per heavy atom. The molecule has 2 aromatic rings. The Kier molecular flexibility index (Phi) is 3.45. The Balaban J connectivity index is 1.96. The smallest absolute Gasteiger partial charge is 0.146 e. The largest absolute Gasteiger partial charge is 0.481 e. The molecule has 1 N–H and O–H groups in total. The molecule has 0 aromatic heterocycles. The lowest BCUT2D eigenvalue weighted by Gasteiger charge is -2.28. The number of hydrogen-bond donors (Lipinski definition) is 1. The van der Waals surface area contributed by atoms with Crippen molar-refractivity contribution in [3.63, 3.8) is 0 Å². The molecule has 0 amide bonds. The molecule has 1 atom stereocenters. The van der Waals surface area contributed by atoms with Crippen LogP contribution in [-0.4, -0.2) is 6.54 Å². The Morgan fingerprint density at radius 3 is 2.62 bits per heavy atom. The lowest BCUT2D eigenvalue weighted by Crippen LogP contribution is -2.24. The predicted molar refractivity (Wildman–Crippen MR) is 74.4 cm³/mol. The first kappa shape index (κ1) is 14.1. The minimum atomic E-state index is -0.742. The third kappa shape index (κ3) is 2.53. The molecular formula is C15H11ClF3NO. The highest BCUT2D eigenvalue weighted by Gasteiger charge is 2.25. The van der Waals surface area contributed by atoms with Crippen molar-refractivity contribution < 1.29 is 17.9 Å². The van der Waals surface area contributed by atoms with E-state index in [2.05, 4.69) is 5.32 Å². The molecule has 1 aliphatic rings. The molecule has 0 saturated carbocycles. The molecule has 1 unspecified atom stereocenters. The standard InChI is InChI=1S/C15H11ClF3NO/c1-7-2-11(18)8(3-10(7)17)15-6-20-13-4-9(16)12(19)5-14(13)21-15/h2-5,15,20H,6H2,1H3. The van der Waals surface area contributed by atoms with E-state index >= 15 is 0 Å². The van der Waals surface area contributed by atoms with E-state index in [4.69, 9.17) is 16.3 Å². The molecule has 0 radical (unpaired) electrons. The van der Waals surface area contributed by atoms with Crippen LogP contribution in [0.4, 0.5) is 18.9 Å². The highest BCUT2D eigenvalue weighted by Crippen LogP contribution is 2.38. The Bertz CT molecular complexity index is 721. The van der Waals surface area contributed by atoms with Crippen molar-refractivity contribution in [2.75, 3.05) is 11.9 Å². The zero-order valence-electron chi connectivity index (χ0n) is 11.0. The number of nitrogens with one attached hydrogen (secondary N) is 1. The van der Waals surface area contributed by atoms with Gasteiger partial charge in [-0.15, -0.1) is 0 Å². The average Bonchev–Trinajstić information content (AvgIpc) is 2.44. The van der Waals surface area contributed by atoms with E-state index in [1.54, 1.807) is 0 Å². The van der Waals surface area contributed by atoms with E-state index in [0.717, 1.165) is 18.2 Å². The van der Waals surface area contributed by atoms with Gasteiger partial charge in [0, 0.05) is 11.6 Å². The fourth-order valence-electron chi connectivity index (χ4n) is 2.24. The fraction of sp³-hybridized carbons (Fsp3) is 0.200. The van der Waals surface area contributed by atoms with Gasteiger partial charge < -0.3 is 10.1 Å². The van der Waals surface area contributed by atoms with Gasteiger partial charge in [0.15, 0.2) is 0 Å². The molecular weight excluding hydrogens is 303 g/mol. The molecule has 0 fully saturated rings. The average molecular weight is 314 g/mol.